The van der Waals surface area contributed by atoms with Crippen molar-refractivity contribution < 1.29 is 13.9 Å². The smallest absolute Gasteiger partial charge is 0.414 e. The fourth-order valence-electron chi connectivity index (χ4n) is 3.37. The van der Waals surface area contributed by atoms with Crippen LogP contribution in [0.15, 0.2) is 50.5 Å². The average Bonchev–Trinajstić information content (AvgIpc) is 2.72. The molecule has 0 atom stereocenters. The zero-order valence-electron chi connectivity index (χ0n) is 18.9. The summed E-state index contributed by atoms with van der Waals surface area (Å²) in [6.45, 7) is 2.63. The molecule has 0 aliphatic heterocycles. The summed E-state index contributed by atoms with van der Waals surface area (Å²) in [4.78, 5) is 29.3. The van der Waals surface area contributed by atoms with Gasteiger partial charge >= 0.3 is 11.7 Å². The van der Waals surface area contributed by atoms with E-state index in [1.807, 2.05) is 43.3 Å². The van der Waals surface area contributed by atoms with Crippen molar-refractivity contribution in [1.82, 2.24) is 9.80 Å². The number of carbonyl (C=O) groups is 1. The minimum Gasteiger partial charge on any atom is -0.422 e. The van der Waals surface area contributed by atoms with E-state index in [-0.39, 0.29) is 0 Å². The summed E-state index contributed by atoms with van der Waals surface area (Å²) in [7, 11) is 7.10. The summed E-state index contributed by atoms with van der Waals surface area (Å²) in [6, 6.07) is 11.0. The van der Waals surface area contributed by atoms with E-state index in [1.54, 1.807) is 38.0 Å². The van der Waals surface area contributed by atoms with Crippen molar-refractivity contribution in [2.45, 2.75) is 24.8 Å². The third-order valence-corrected chi connectivity index (χ3v) is 6.34. The van der Waals surface area contributed by atoms with Gasteiger partial charge < -0.3 is 19.0 Å². The molecule has 0 bridgehead atoms. The molecule has 0 unspecified atom stereocenters. The summed E-state index contributed by atoms with van der Waals surface area (Å²) < 4.78 is 11.0. The van der Waals surface area contributed by atoms with Gasteiger partial charge in [0.05, 0.1) is 5.02 Å². The lowest BCUT2D eigenvalue weighted by Crippen LogP contribution is -2.25. The van der Waals surface area contributed by atoms with Crippen LogP contribution in [0, 0.1) is 0 Å². The molecule has 32 heavy (non-hydrogen) atoms. The highest BCUT2D eigenvalue weighted by Gasteiger charge is 2.19. The predicted molar refractivity (Wildman–Crippen MR) is 130 cm³/mol. The molecule has 2 aromatic carbocycles. The van der Waals surface area contributed by atoms with Crippen LogP contribution in [0.2, 0.25) is 5.02 Å². The van der Waals surface area contributed by atoms with Crippen LogP contribution in [0.25, 0.3) is 11.0 Å². The van der Waals surface area contributed by atoms with E-state index in [9.17, 15) is 9.59 Å². The van der Waals surface area contributed by atoms with Gasteiger partial charge in [0.1, 0.15) is 11.3 Å². The second-order valence-electron chi connectivity index (χ2n) is 7.84. The summed E-state index contributed by atoms with van der Waals surface area (Å²) in [5, 5.41) is 1.47. The summed E-state index contributed by atoms with van der Waals surface area (Å²) in [5.41, 5.74) is 2.28. The van der Waals surface area contributed by atoms with Crippen molar-refractivity contribution in [3.05, 3.63) is 68.5 Å². The van der Waals surface area contributed by atoms with Gasteiger partial charge in [-0.2, -0.15) is 0 Å². The quantitative estimate of drug-likeness (QED) is 0.343. The van der Waals surface area contributed by atoms with Gasteiger partial charge in [-0.3, -0.25) is 0 Å². The van der Waals surface area contributed by atoms with E-state index in [1.165, 1.54) is 4.90 Å². The van der Waals surface area contributed by atoms with Crippen molar-refractivity contribution in [1.29, 1.82) is 0 Å². The molecule has 0 spiro atoms. The number of fused-ring (bicyclic) bond motifs is 1. The topological polar surface area (TPSA) is 63.0 Å². The predicted octanol–water partition coefficient (Wildman–Crippen LogP) is 5.27. The molecule has 0 fully saturated rings. The van der Waals surface area contributed by atoms with Gasteiger partial charge in [0.15, 0.2) is 0 Å². The fourth-order valence-corrected chi connectivity index (χ4v) is 4.47. The highest BCUT2D eigenvalue weighted by Crippen LogP contribution is 2.32. The molecule has 0 saturated heterocycles. The second-order valence-corrected chi connectivity index (χ2v) is 9.53. The van der Waals surface area contributed by atoms with Crippen molar-refractivity contribution >= 4 is 40.4 Å². The van der Waals surface area contributed by atoms with E-state index in [4.69, 9.17) is 20.8 Å². The molecule has 6 nitrogen and oxygen atoms in total. The highest BCUT2D eigenvalue weighted by molar-refractivity contribution is 7.99. The van der Waals surface area contributed by atoms with Gasteiger partial charge in [-0.15, -0.1) is 11.8 Å². The van der Waals surface area contributed by atoms with E-state index in [2.05, 4.69) is 6.92 Å². The van der Waals surface area contributed by atoms with E-state index in [0.717, 1.165) is 27.2 Å². The Kier molecular flexibility index (Phi) is 7.87. The third kappa shape index (κ3) is 5.46. The monoisotopic (exact) mass is 474 g/mol. The first-order chi connectivity index (χ1) is 15.2. The highest BCUT2D eigenvalue weighted by atomic mass is 35.5. The maximum Gasteiger partial charge on any atom is 0.414 e. The number of rotatable bonds is 7. The maximum atomic E-state index is 13.1. The van der Waals surface area contributed by atoms with Gasteiger partial charge in [0.2, 0.25) is 0 Å². The number of hydrogen-bond donors (Lipinski definition) is 0. The number of carbonyl (C=O) groups excluding carboxylic acids is 1. The number of amides is 1. The Bertz CT molecular complexity index is 1190. The van der Waals surface area contributed by atoms with Crippen LogP contribution in [0.1, 0.15) is 23.6 Å². The first kappa shape index (κ1) is 24.2. The third-order valence-electron chi connectivity index (χ3n) is 4.85. The van der Waals surface area contributed by atoms with Crippen LogP contribution in [0.5, 0.6) is 5.75 Å². The Balaban J connectivity index is 2.10. The van der Waals surface area contributed by atoms with Crippen LogP contribution in [-0.2, 0) is 13.0 Å². The van der Waals surface area contributed by atoms with Crippen LogP contribution < -0.4 is 10.4 Å². The number of benzene rings is 2. The Labute approximate surface area is 197 Å². The van der Waals surface area contributed by atoms with Gasteiger partial charge in [-0.1, -0.05) is 30.7 Å². The average molecular weight is 475 g/mol. The number of halogens is 1. The Morgan fingerprint density at radius 3 is 2.53 bits per heavy atom. The van der Waals surface area contributed by atoms with Gasteiger partial charge in [0, 0.05) is 49.0 Å². The fraction of sp³-hybridized carbons (Fsp3) is 0.333. The lowest BCUT2D eigenvalue weighted by molar-refractivity contribution is 0.172. The summed E-state index contributed by atoms with van der Waals surface area (Å²) in [6.07, 6.45) is -0.133. The normalized spacial score (nSPS) is 11.2. The molecule has 0 aliphatic carbocycles. The van der Waals surface area contributed by atoms with Crippen LogP contribution in [0.3, 0.4) is 0 Å². The summed E-state index contributed by atoms with van der Waals surface area (Å²) in [5.74, 6) is 1.23. The van der Waals surface area contributed by atoms with E-state index < -0.39 is 11.7 Å². The van der Waals surface area contributed by atoms with Crippen LogP contribution in [0.4, 0.5) is 4.79 Å². The van der Waals surface area contributed by atoms with E-state index >= 15 is 0 Å². The van der Waals surface area contributed by atoms with Crippen molar-refractivity contribution in [3.8, 4) is 5.75 Å². The minimum absolute atomic E-state index is 0.315. The number of ether oxygens (including phenoxy) is 1. The minimum atomic E-state index is -0.503. The van der Waals surface area contributed by atoms with Gasteiger partial charge in [0.25, 0.3) is 0 Å². The van der Waals surface area contributed by atoms with Gasteiger partial charge in [-0.25, -0.2) is 9.59 Å². The van der Waals surface area contributed by atoms with E-state index in [0.29, 0.717) is 34.9 Å². The van der Waals surface area contributed by atoms with Crippen LogP contribution >= 0.6 is 23.4 Å². The molecule has 1 heterocycles. The molecule has 0 N–H and O–H groups in total. The maximum absolute atomic E-state index is 13.1. The first-order valence-electron chi connectivity index (χ1n) is 10.2. The van der Waals surface area contributed by atoms with Crippen molar-refractivity contribution in [2.75, 3.05) is 33.9 Å². The molecular formula is C24H27ClN2O4S. The molecule has 3 aromatic rings. The lowest BCUT2D eigenvalue weighted by Gasteiger charge is -2.17. The molecule has 1 aromatic heterocycles. The SMILES string of the molecule is CCSc1cccc(Cc2c(CN(C)C)c3ccc(OC(=O)N(C)C)cc3oc2=O)c1Cl. The molecule has 0 aliphatic rings. The van der Waals surface area contributed by atoms with Crippen molar-refractivity contribution in [3.63, 3.8) is 0 Å². The molecule has 1 amide bonds. The molecule has 170 valence electrons. The molecule has 0 radical (unpaired) electrons. The van der Waals surface area contributed by atoms with Gasteiger partial charge in [-0.05, 0) is 49.2 Å². The molecule has 3 rings (SSSR count). The Morgan fingerprint density at radius 1 is 1.12 bits per heavy atom. The molecule has 0 saturated carbocycles. The van der Waals surface area contributed by atoms with Crippen molar-refractivity contribution in [2.24, 2.45) is 0 Å². The first-order valence-corrected chi connectivity index (χ1v) is 11.6. The largest absolute Gasteiger partial charge is 0.422 e. The second kappa shape index (κ2) is 10.4. The zero-order chi connectivity index (χ0) is 23.4. The number of nitrogens with zero attached hydrogens (tertiary/aromatic N) is 2. The Hall–Kier alpha value is -2.48. The molecule has 8 heteroatoms. The van der Waals surface area contributed by atoms with Crippen LogP contribution in [-0.4, -0.2) is 49.8 Å². The number of hydrogen-bond acceptors (Lipinski definition) is 6. The zero-order valence-corrected chi connectivity index (χ0v) is 20.5. The lowest BCUT2D eigenvalue weighted by atomic mass is 9.98. The standard InChI is InChI=1S/C24H27ClN2O4S/c1-6-32-21-9-7-8-15(22(21)25)12-18-19(14-26(2)3)17-11-10-16(30-24(29)27(4)5)13-20(17)31-23(18)28/h7-11,13H,6,12,14H2,1-5H3. The summed E-state index contributed by atoms with van der Waals surface area (Å²) >= 11 is 8.31. The molecular weight excluding hydrogens is 448 g/mol. The Morgan fingerprint density at radius 2 is 1.88 bits per heavy atom. The number of thioether (sulfide) groups is 1.